The Morgan fingerprint density at radius 1 is 1.46 bits per heavy atom. The van der Waals surface area contributed by atoms with E-state index in [4.69, 9.17) is 12.3 Å². The third kappa shape index (κ3) is 2.80. The third-order valence-corrected chi connectivity index (χ3v) is 1.94. The number of nitrogens with zero attached hydrogens (tertiary/aromatic N) is 2. The Bertz CT molecular complexity index is 348. The van der Waals surface area contributed by atoms with E-state index in [1.165, 1.54) is 11.8 Å². The predicted molar refractivity (Wildman–Crippen MR) is 57.5 cm³/mol. The first-order valence-electron chi connectivity index (χ1n) is 3.62. The number of aliphatic imine (C=N–C) groups is 1. The highest BCUT2D eigenvalue weighted by molar-refractivity contribution is 8.13. The molecule has 0 heterocycles. The standard InChI is InChI=1S/C9H9N3S/c1-11-7-3-5-8(6-4-7)12-9(10)13-2/h3-6H,2H3,(H2,10,12). The predicted octanol–water partition coefficient (Wildman–Crippen LogP) is 2.55. The number of benzene rings is 1. The summed E-state index contributed by atoms with van der Waals surface area (Å²) in [5.41, 5.74) is 6.92. The summed E-state index contributed by atoms with van der Waals surface area (Å²) >= 11 is 1.40. The number of amidine groups is 1. The van der Waals surface area contributed by atoms with Crippen molar-refractivity contribution in [3.05, 3.63) is 35.7 Å². The third-order valence-electron chi connectivity index (χ3n) is 1.43. The van der Waals surface area contributed by atoms with Gasteiger partial charge < -0.3 is 5.73 Å². The molecule has 13 heavy (non-hydrogen) atoms. The van der Waals surface area contributed by atoms with Crippen LogP contribution in [0.3, 0.4) is 0 Å². The van der Waals surface area contributed by atoms with Gasteiger partial charge in [-0.2, -0.15) is 0 Å². The van der Waals surface area contributed by atoms with Gasteiger partial charge in [0.15, 0.2) is 10.9 Å². The van der Waals surface area contributed by atoms with E-state index in [2.05, 4.69) is 9.84 Å². The molecule has 0 aliphatic carbocycles. The van der Waals surface area contributed by atoms with Gasteiger partial charge in [-0.3, -0.25) is 0 Å². The number of rotatable bonds is 1. The molecule has 1 aromatic carbocycles. The summed E-state index contributed by atoms with van der Waals surface area (Å²) in [7, 11) is 0. The topological polar surface area (TPSA) is 42.7 Å². The second-order valence-corrected chi connectivity index (χ2v) is 3.11. The summed E-state index contributed by atoms with van der Waals surface area (Å²) < 4.78 is 0. The van der Waals surface area contributed by atoms with Gasteiger partial charge >= 0.3 is 0 Å². The molecular weight excluding hydrogens is 182 g/mol. The zero-order valence-electron chi connectivity index (χ0n) is 7.19. The summed E-state index contributed by atoms with van der Waals surface area (Å²) in [6, 6.07) is 6.99. The van der Waals surface area contributed by atoms with Crippen molar-refractivity contribution in [1.82, 2.24) is 0 Å². The molecule has 0 unspecified atom stereocenters. The lowest BCUT2D eigenvalue weighted by atomic mass is 10.3. The Hall–Kier alpha value is -1.47. The first-order valence-corrected chi connectivity index (χ1v) is 4.84. The lowest BCUT2D eigenvalue weighted by Crippen LogP contribution is -2.03. The van der Waals surface area contributed by atoms with E-state index in [0.717, 1.165) is 5.69 Å². The lowest BCUT2D eigenvalue weighted by Gasteiger charge is -1.95. The second kappa shape index (κ2) is 4.53. The molecule has 0 aliphatic heterocycles. The maximum absolute atomic E-state index is 6.75. The lowest BCUT2D eigenvalue weighted by molar-refractivity contribution is 1.51. The van der Waals surface area contributed by atoms with Gasteiger partial charge in [-0.25, -0.2) is 9.84 Å². The van der Waals surface area contributed by atoms with Gasteiger partial charge in [0.25, 0.3) is 0 Å². The zero-order valence-corrected chi connectivity index (χ0v) is 8.01. The number of hydrogen-bond donors (Lipinski definition) is 1. The van der Waals surface area contributed by atoms with Crippen molar-refractivity contribution in [3.63, 3.8) is 0 Å². The fourth-order valence-corrected chi connectivity index (χ4v) is 0.971. The Labute approximate surface area is 81.5 Å². The van der Waals surface area contributed by atoms with E-state index in [-0.39, 0.29) is 0 Å². The highest BCUT2D eigenvalue weighted by Crippen LogP contribution is 2.18. The van der Waals surface area contributed by atoms with Crippen molar-refractivity contribution < 1.29 is 0 Å². The Kier molecular flexibility index (Phi) is 3.35. The molecule has 0 amide bonds. The zero-order chi connectivity index (χ0) is 9.68. The largest absolute Gasteiger partial charge is 0.378 e. The molecule has 0 bridgehead atoms. The maximum Gasteiger partial charge on any atom is 0.187 e. The summed E-state index contributed by atoms with van der Waals surface area (Å²) in [6.07, 6.45) is 1.87. The summed E-state index contributed by atoms with van der Waals surface area (Å²) in [5, 5.41) is 0.524. The molecule has 1 rings (SSSR count). The molecule has 3 nitrogen and oxygen atoms in total. The number of hydrogen-bond acceptors (Lipinski definition) is 2. The highest BCUT2D eigenvalue weighted by Gasteiger charge is 1.92. The Balaban J connectivity index is 2.88. The monoisotopic (exact) mass is 191 g/mol. The van der Waals surface area contributed by atoms with Gasteiger partial charge in [0, 0.05) is 0 Å². The van der Waals surface area contributed by atoms with Crippen LogP contribution in [0.1, 0.15) is 0 Å². The van der Waals surface area contributed by atoms with Crippen LogP contribution >= 0.6 is 11.8 Å². The van der Waals surface area contributed by atoms with Crippen LogP contribution in [-0.2, 0) is 0 Å². The van der Waals surface area contributed by atoms with Gasteiger partial charge in [0.1, 0.15) is 0 Å². The Morgan fingerprint density at radius 2 is 2.08 bits per heavy atom. The van der Waals surface area contributed by atoms with Crippen LogP contribution in [0.5, 0.6) is 0 Å². The van der Waals surface area contributed by atoms with Gasteiger partial charge in [0.2, 0.25) is 0 Å². The molecular formula is C9H9N3S. The first kappa shape index (κ1) is 9.62. The molecule has 0 fully saturated rings. The quantitative estimate of drug-likeness (QED) is 0.421. The fraction of sp³-hybridized carbons (Fsp3) is 0.111. The van der Waals surface area contributed by atoms with Gasteiger partial charge in [0.05, 0.1) is 12.3 Å². The van der Waals surface area contributed by atoms with E-state index in [9.17, 15) is 0 Å². The summed E-state index contributed by atoms with van der Waals surface area (Å²) in [5.74, 6) is 0. The van der Waals surface area contributed by atoms with Crippen LogP contribution < -0.4 is 5.73 Å². The van der Waals surface area contributed by atoms with E-state index >= 15 is 0 Å². The fourth-order valence-electron chi connectivity index (χ4n) is 0.775. The summed E-state index contributed by atoms with van der Waals surface area (Å²) in [6.45, 7) is 6.75. The molecule has 0 spiro atoms. The number of thioether (sulfide) groups is 1. The molecule has 0 radical (unpaired) electrons. The Morgan fingerprint density at radius 3 is 2.54 bits per heavy atom. The van der Waals surface area contributed by atoms with Crippen LogP contribution in [0, 0.1) is 6.57 Å². The van der Waals surface area contributed by atoms with E-state index < -0.39 is 0 Å². The molecule has 1 aromatic rings. The summed E-state index contributed by atoms with van der Waals surface area (Å²) in [4.78, 5) is 7.38. The molecule has 0 atom stereocenters. The van der Waals surface area contributed by atoms with E-state index in [1.807, 2.05) is 6.26 Å². The molecule has 66 valence electrons. The van der Waals surface area contributed by atoms with Gasteiger partial charge in [-0.15, -0.1) is 0 Å². The van der Waals surface area contributed by atoms with Crippen LogP contribution in [0.4, 0.5) is 11.4 Å². The second-order valence-electron chi connectivity index (χ2n) is 2.28. The average molecular weight is 191 g/mol. The average Bonchev–Trinajstić information content (AvgIpc) is 2.19. The van der Waals surface area contributed by atoms with Gasteiger partial charge in [-0.1, -0.05) is 23.9 Å². The van der Waals surface area contributed by atoms with Crippen LogP contribution in [0.25, 0.3) is 4.85 Å². The smallest absolute Gasteiger partial charge is 0.187 e. The normalized spacial score (nSPS) is 10.9. The van der Waals surface area contributed by atoms with Crippen LogP contribution in [0.15, 0.2) is 29.3 Å². The molecule has 0 saturated heterocycles. The highest BCUT2D eigenvalue weighted by atomic mass is 32.2. The van der Waals surface area contributed by atoms with Crippen molar-refractivity contribution in [2.75, 3.05) is 6.26 Å². The maximum atomic E-state index is 6.75. The van der Waals surface area contributed by atoms with Crippen molar-refractivity contribution in [2.24, 2.45) is 10.7 Å². The molecule has 4 heteroatoms. The van der Waals surface area contributed by atoms with Crippen molar-refractivity contribution in [3.8, 4) is 0 Å². The molecule has 0 saturated carbocycles. The van der Waals surface area contributed by atoms with Crippen molar-refractivity contribution in [2.45, 2.75) is 0 Å². The van der Waals surface area contributed by atoms with Gasteiger partial charge in [-0.05, 0) is 18.4 Å². The van der Waals surface area contributed by atoms with E-state index in [0.29, 0.717) is 10.9 Å². The first-order chi connectivity index (χ1) is 6.26. The minimum absolute atomic E-state index is 0.524. The van der Waals surface area contributed by atoms with Crippen LogP contribution in [-0.4, -0.2) is 11.4 Å². The number of nitrogens with two attached hydrogens (primary N) is 1. The minimum atomic E-state index is 0.524. The van der Waals surface area contributed by atoms with Crippen LogP contribution in [0.2, 0.25) is 0 Å². The van der Waals surface area contributed by atoms with E-state index in [1.54, 1.807) is 24.3 Å². The van der Waals surface area contributed by atoms with Crippen molar-refractivity contribution in [1.29, 1.82) is 0 Å². The molecule has 0 aliphatic rings. The molecule has 0 aromatic heterocycles. The molecule has 2 N–H and O–H groups in total. The minimum Gasteiger partial charge on any atom is -0.378 e. The van der Waals surface area contributed by atoms with Crippen molar-refractivity contribution >= 4 is 28.3 Å². The SMILES string of the molecule is [C-]#[N+]c1ccc(N=C(N)SC)cc1.